The summed E-state index contributed by atoms with van der Waals surface area (Å²) >= 11 is 0. The lowest BCUT2D eigenvalue weighted by molar-refractivity contribution is -0.139. The van der Waals surface area contributed by atoms with E-state index in [1.54, 1.807) is 13.8 Å². The van der Waals surface area contributed by atoms with Crippen LogP contribution in [-0.4, -0.2) is 11.9 Å². The standard InChI is InChI=1S/C13H20O4/c1-10(2)16-12(14)8-6-5-7-9-13(15)17-11(3)4/h1,3,5-9H2,2,4H3. The Balaban J connectivity index is 3.46. The molecule has 0 aliphatic carbocycles. The Morgan fingerprint density at radius 1 is 0.824 bits per heavy atom. The molecule has 96 valence electrons. The average Bonchev–Trinajstić information content (AvgIpc) is 2.14. The van der Waals surface area contributed by atoms with Gasteiger partial charge in [-0.25, -0.2) is 0 Å². The van der Waals surface area contributed by atoms with E-state index in [1.165, 1.54) is 0 Å². The molecule has 17 heavy (non-hydrogen) atoms. The van der Waals surface area contributed by atoms with E-state index in [4.69, 9.17) is 9.47 Å². The van der Waals surface area contributed by atoms with Crippen LogP contribution in [0, 0.1) is 0 Å². The van der Waals surface area contributed by atoms with Gasteiger partial charge >= 0.3 is 11.9 Å². The Labute approximate surface area is 102 Å². The van der Waals surface area contributed by atoms with Crippen molar-refractivity contribution in [3.8, 4) is 0 Å². The maximum Gasteiger partial charge on any atom is 0.310 e. The van der Waals surface area contributed by atoms with Crippen LogP contribution in [0.4, 0.5) is 0 Å². The Hall–Kier alpha value is -1.58. The quantitative estimate of drug-likeness (QED) is 0.371. The van der Waals surface area contributed by atoms with Crippen molar-refractivity contribution >= 4 is 11.9 Å². The van der Waals surface area contributed by atoms with Crippen molar-refractivity contribution in [3.05, 3.63) is 24.7 Å². The van der Waals surface area contributed by atoms with Crippen molar-refractivity contribution in [2.75, 3.05) is 0 Å². The molecule has 0 aromatic heterocycles. The lowest BCUT2D eigenvalue weighted by Crippen LogP contribution is -2.03. The van der Waals surface area contributed by atoms with Crippen LogP contribution in [0.25, 0.3) is 0 Å². The zero-order valence-electron chi connectivity index (χ0n) is 10.6. The number of carbonyl (C=O) groups is 2. The molecule has 0 rings (SSSR count). The molecule has 0 aromatic carbocycles. The summed E-state index contributed by atoms with van der Waals surface area (Å²) in [6, 6.07) is 0. The number of carbonyl (C=O) groups excluding carboxylic acids is 2. The van der Waals surface area contributed by atoms with Gasteiger partial charge in [-0.15, -0.1) is 0 Å². The van der Waals surface area contributed by atoms with Crippen LogP contribution in [0.1, 0.15) is 46.0 Å². The molecule has 0 N–H and O–H groups in total. The number of rotatable bonds is 8. The summed E-state index contributed by atoms with van der Waals surface area (Å²) in [6.45, 7) is 10.2. The van der Waals surface area contributed by atoms with Crippen molar-refractivity contribution in [1.29, 1.82) is 0 Å². The first kappa shape index (κ1) is 15.4. The fourth-order valence-corrected chi connectivity index (χ4v) is 1.21. The van der Waals surface area contributed by atoms with Gasteiger partial charge in [-0.2, -0.15) is 0 Å². The van der Waals surface area contributed by atoms with Gasteiger partial charge in [0.2, 0.25) is 0 Å². The maximum atomic E-state index is 11.1. The lowest BCUT2D eigenvalue weighted by Gasteiger charge is -2.04. The minimum atomic E-state index is -0.276. The predicted octanol–water partition coefficient (Wildman–Crippen LogP) is 3.09. The molecule has 4 heteroatoms. The molecule has 0 aromatic rings. The van der Waals surface area contributed by atoms with E-state index in [9.17, 15) is 9.59 Å². The summed E-state index contributed by atoms with van der Waals surface area (Å²) in [6.07, 6.45) is 2.89. The highest BCUT2D eigenvalue weighted by molar-refractivity contribution is 5.71. The second-order valence-corrected chi connectivity index (χ2v) is 3.91. The molecule has 0 saturated heterocycles. The van der Waals surface area contributed by atoms with Gasteiger partial charge in [0.05, 0.1) is 11.5 Å². The molecule has 0 radical (unpaired) electrons. The molecule has 0 fully saturated rings. The van der Waals surface area contributed by atoms with E-state index < -0.39 is 0 Å². The Morgan fingerprint density at radius 2 is 1.18 bits per heavy atom. The summed E-state index contributed by atoms with van der Waals surface area (Å²) in [5, 5.41) is 0. The smallest absolute Gasteiger partial charge is 0.310 e. The molecule has 0 aliphatic heterocycles. The third-order valence-corrected chi connectivity index (χ3v) is 1.84. The second-order valence-electron chi connectivity index (χ2n) is 3.91. The Kier molecular flexibility index (Phi) is 7.76. The zero-order valence-corrected chi connectivity index (χ0v) is 10.6. The van der Waals surface area contributed by atoms with Crippen molar-refractivity contribution in [1.82, 2.24) is 0 Å². The monoisotopic (exact) mass is 240 g/mol. The first-order chi connectivity index (χ1) is 7.91. The highest BCUT2D eigenvalue weighted by atomic mass is 16.5. The molecule has 0 spiro atoms. The maximum absolute atomic E-state index is 11.1. The topological polar surface area (TPSA) is 52.6 Å². The molecule has 4 nitrogen and oxygen atoms in total. The third-order valence-electron chi connectivity index (χ3n) is 1.84. The van der Waals surface area contributed by atoms with Crippen molar-refractivity contribution in [3.63, 3.8) is 0 Å². The number of unbranched alkanes of at least 4 members (excludes halogenated alkanes) is 2. The number of ether oxygens (including phenoxy) is 2. The zero-order chi connectivity index (χ0) is 13.3. The highest BCUT2D eigenvalue weighted by Gasteiger charge is 2.05. The predicted molar refractivity (Wildman–Crippen MR) is 64.9 cm³/mol. The molecule has 0 atom stereocenters. The molecular formula is C13H20O4. The van der Waals surface area contributed by atoms with Gasteiger partial charge in [-0.1, -0.05) is 19.6 Å². The summed E-state index contributed by atoms with van der Waals surface area (Å²) in [4.78, 5) is 22.2. The lowest BCUT2D eigenvalue weighted by atomic mass is 10.1. The highest BCUT2D eigenvalue weighted by Crippen LogP contribution is 2.07. The summed E-state index contributed by atoms with van der Waals surface area (Å²) < 4.78 is 9.59. The van der Waals surface area contributed by atoms with E-state index in [0.29, 0.717) is 37.2 Å². The normalized spacial score (nSPS) is 9.53. The minimum absolute atomic E-state index is 0.276. The molecule has 0 heterocycles. The van der Waals surface area contributed by atoms with Gasteiger partial charge in [0.1, 0.15) is 0 Å². The van der Waals surface area contributed by atoms with E-state index in [-0.39, 0.29) is 11.9 Å². The summed E-state index contributed by atoms with van der Waals surface area (Å²) in [5.41, 5.74) is 0. The van der Waals surface area contributed by atoms with Crippen LogP contribution in [0.2, 0.25) is 0 Å². The second kappa shape index (κ2) is 8.56. The van der Waals surface area contributed by atoms with Crippen LogP contribution >= 0.6 is 0 Å². The summed E-state index contributed by atoms with van der Waals surface area (Å²) in [7, 11) is 0. The van der Waals surface area contributed by atoms with Crippen LogP contribution in [0.5, 0.6) is 0 Å². The van der Waals surface area contributed by atoms with Gasteiger partial charge in [0.15, 0.2) is 0 Å². The van der Waals surface area contributed by atoms with Gasteiger partial charge < -0.3 is 9.47 Å². The summed E-state index contributed by atoms with van der Waals surface area (Å²) in [5.74, 6) is 0.254. The van der Waals surface area contributed by atoms with Crippen LogP contribution in [0.15, 0.2) is 24.7 Å². The average molecular weight is 240 g/mol. The van der Waals surface area contributed by atoms with Crippen LogP contribution in [0.3, 0.4) is 0 Å². The number of allylic oxidation sites excluding steroid dienone is 2. The minimum Gasteiger partial charge on any atom is -0.432 e. The molecular weight excluding hydrogens is 220 g/mol. The molecule has 0 saturated carbocycles. The third kappa shape index (κ3) is 10.7. The SMILES string of the molecule is C=C(C)OC(=O)CCCCCC(=O)OC(=C)C. The van der Waals surface area contributed by atoms with E-state index >= 15 is 0 Å². The first-order valence-electron chi connectivity index (χ1n) is 5.64. The molecule has 0 amide bonds. The van der Waals surface area contributed by atoms with Crippen molar-refractivity contribution < 1.29 is 19.1 Å². The molecule has 0 unspecified atom stereocenters. The van der Waals surface area contributed by atoms with Gasteiger partial charge in [-0.05, 0) is 26.7 Å². The van der Waals surface area contributed by atoms with Gasteiger partial charge in [-0.3, -0.25) is 9.59 Å². The fourth-order valence-electron chi connectivity index (χ4n) is 1.21. The van der Waals surface area contributed by atoms with E-state index in [2.05, 4.69) is 13.2 Å². The number of hydrogen-bond donors (Lipinski definition) is 0. The first-order valence-corrected chi connectivity index (χ1v) is 5.64. The Morgan fingerprint density at radius 3 is 1.47 bits per heavy atom. The largest absolute Gasteiger partial charge is 0.432 e. The van der Waals surface area contributed by atoms with Gasteiger partial charge in [0, 0.05) is 12.8 Å². The fraction of sp³-hybridized carbons (Fsp3) is 0.538. The van der Waals surface area contributed by atoms with E-state index in [0.717, 1.165) is 6.42 Å². The van der Waals surface area contributed by atoms with Crippen molar-refractivity contribution in [2.45, 2.75) is 46.0 Å². The number of esters is 2. The van der Waals surface area contributed by atoms with Crippen LogP contribution in [-0.2, 0) is 19.1 Å². The molecule has 0 bridgehead atoms. The molecule has 0 aliphatic rings. The van der Waals surface area contributed by atoms with E-state index in [1.807, 2.05) is 0 Å². The van der Waals surface area contributed by atoms with Gasteiger partial charge in [0.25, 0.3) is 0 Å². The van der Waals surface area contributed by atoms with Crippen molar-refractivity contribution in [2.24, 2.45) is 0 Å². The number of hydrogen-bond acceptors (Lipinski definition) is 4. The Bertz CT molecular complexity index is 275. The van der Waals surface area contributed by atoms with Crippen LogP contribution < -0.4 is 0 Å².